The Labute approximate surface area is 166 Å². The maximum absolute atomic E-state index is 13.4. The number of carbonyl (C=O) groups is 1. The minimum absolute atomic E-state index is 0.278. The van der Waals surface area contributed by atoms with Crippen LogP contribution in [-0.4, -0.2) is 23.9 Å². The first kappa shape index (κ1) is 18.7. The molecule has 0 bridgehead atoms. The zero-order chi connectivity index (χ0) is 19.7. The molecule has 0 spiro atoms. The normalized spacial score (nSPS) is 19.5. The summed E-state index contributed by atoms with van der Waals surface area (Å²) in [5, 5.41) is 0. The standard InChI is InChI=1S/C24H27FN2O/c1-2-20(21-9-8-19(25)16-22(21)26)17-10-14-27(15-11-17)23(28)24(12-13-24)18-6-4-3-5-7-18/h2-9,16-17H,10-15,26H2,1H3/b20-2-. The van der Waals surface area contributed by atoms with Gasteiger partial charge in [0.15, 0.2) is 0 Å². The molecule has 0 aromatic heterocycles. The van der Waals surface area contributed by atoms with Crippen LogP contribution in [0, 0.1) is 11.7 Å². The number of halogens is 1. The van der Waals surface area contributed by atoms with Gasteiger partial charge in [-0.3, -0.25) is 4.79 Å². The minimum Gasteiger partial charge on any atom is -0.398 e. The zero-order valence-corrected chi connectivity index (χ0v) is 16.3. The number of nitrogens with two attached hydrogens (primary N) is 1. The Bertz CT molecular complexity index is 894. The largest absolute Gasteiger partial charge is 0.398 e. The first-order valence-electron chi connectivity index (χ1n) is 10.1. The van der Waals surface area contributed by atoms with E-state index >= 15 is 0 Å². The molecular weight excluding hydrogens is 351 g/mol. The molecule has 2 fully saturated rings. The van der Waals surface area contributed by atoms with Gasteiger partial charge in [-0.1, -0.05) is 36.4 Å². The fourth-order valence-electron chi connectivity index (χ4n) is 4.61. The summed E-state index contributed by atoms with van der Waals surface area (Å²) in [5.74, 6) is 0.307. The van der Waals surface area contributed by atoms with Crippen LogP contribution in [0.15, 0.2) is 54.6 Å². The average molecular weight is 378 g/mol. The Kier molecular flexibility index (Phi) is 4.96. The van der Waals surface area contributed by atoms with Crippen molar-refractivity contribution in [3.05, 3.63) is 71.6 Å². The number of amides is 1. The third-order valence-electron chi connectivity index (χ3n) is 6.34. The molecule has 0 radical (unpaired) electrons. The van der Waals surface area contributed by atoms with E-state index in [1.807, 2.05) is 30.0 Å². The molecule has 2 N–H and O–H groups in total. The van der Waals surface area contributed by atoms with Crippen LogP contribution in [-0.2, 0) is 10.2 Å². The average Bonchev–Trinajstić information content (AvgIpc) is 3.53. The first-order chi connectivity index (χ1) is 13.5. The van der Waals surface area contributed by atoms with Crippen molar-refractivity contribution in [1.82, 2.24) is 4.90 Å². The topological polar surface area (TPSA) is 46.3 Å². The number of benzene rings is 2. The van der Waals surface area contributed by atoms with Gasteiger partial charge < -0.3 is 10.6 Å². The van der Waals surface area contributed by atoms with Gasteiger partial charge in [-0.05, 0) is 67.9 Å². The number of anilines is 1. The van der Waals surface area contributed by atoms with Crippen molar-refractivity contribution >= 4 is 17.2 Å². The van der Waals surface area contributed by atoms with Crippen LogP contribution in [0.25, 0.3) is 5.57 Å². The summed E-state index contributed by atoms with van der Waals surface area (Å²) in [4.78, 5) is 15.3. The number of carbonyl (C=O) groups excluding carboxylic acids is 1. The highest BCUT2D eigenvalue weighted by molar-refractivity contribution is 5.91. The van der Waals surface area contributed by atoms with Crippen LogP contribution in [0.2, 0.25) is 0 Å². The number of allylic oxidation sites excluding steroid dienone is 2. The van der Waals surface area contributed by atoms with E-state index in [0.717, 1.165) is 55.5 Å². The highest BCUT2D eigenvalue weighted by atomic mass is 19.1. The van der Waals surface area contributed by atoms with Crippen LogP contribution >= 0.6 is 0 Å². The fourth-order valence-corrected chi connectivity index (χ4v) is 4.61. The lowest BCUT2D eigenvalue weighted by molar-refractivity contribution is -0.135. The van der Waals surface area contributed by atoms with E-state index in [-0.39, 0.29) is 17.1 Å². The summed E-state index contributed by atoms with van der Waals surface area (Å²) in [7, 11) is 0. The molecule has 1 amide bonds. The number of hydrogen-bond acceptors (Lipinski definition) is 2. The molecule has 1 saturated carbocycles. The van der Waals surface area contributed by atoms with E-state index in [0.29, 0.717) is 11.6 Å². The van der Waals surface area contributed by atoms with Crippen LogP contribution < -0.4 is 5.73 Å². The molecule has 0 atom stereocenters. The first-order valence-corrected chi connectivity index (χ1v) is 10.1. The molecule has 2 aliphatic rings. The van der Waals surface area contributed by atoms with E-state index < -0.39 is 0 Å². The molecule has 0 unspecified atom stereocenters. The highest BCUT2D eigenvalue weighted by Gasteiger charge is 2.53. The SMILES string of the molecule is C/C=C(\c1ccc(F)cc1N)C1CCN(C(=O)C2(c3ccccc3)CC2)CC1. The van der Waals surface area contributed by atoms with Gasteiger partial charge in [0.05, 0.1) is 5.41 Å². The van der Waals surface area contributed by atoms with Crippen molar-refractivity contribution in [2.75, 3.05) is 18.8 Å². The lowest BCUT2D eigenvalue weighted by Gasteiger charge is -2.36. The molecule has 4 rings (SSSR count). The Morgan fingerprint density at radius 2 is 1.82 bits per heavy atom. The van der Waals surface area contributed by atoms with Crippen LogP contribution in [0.1, 0.15) is 43.7 Å². The number of nitrogens with zero attached hydrogens (tertiary/aromatic N) is 1. The van der Waals surface area contributed by atoms with Gasteiger partial charge in [0.2, 0.25) is 5.91 Å². The van der Waals surface area contributed by atoms with Crippen molar-refractivity contribution < 1.29 is 9.18 Å². The Hall–Kier alpha value is -2.62. The number of rotatable bonds is 4. The molecular formula is C24H27FN2O. The van der Waals surface area contributed by atoms with E-state index in [2.05, 4.69) is 18.2 Å². The van der Waals surface area contributed by atoms with Crippen LogP contribution in [0.5, 0.6) is 0 Å². The van der Waals surface area contributed by atoms with Crippen molar-refractivity contribution in [2.45, 2.75) is 38.0 Å². The molecule has 3 nitrogen and oxygen atoms in total. The zero-order valence-electron chi connectivity index (χ0n) is 16.3. The summed E-state index contributed by atoms with van der Waals surface area (Å²) in [6.45, 7) is 3.53. The van der Waals surface area contributed by atoms with Crippen LogP contribution in [0.3, 0.4) is 0 Å². The number of nitrogen functional groups attached to an aromatic ring is 1. The van der Waals surface area contributed by atoms with Crippen molar-refractivity contribution in [2.24, 2.45) is 5.92 Å². The van der Waals surface area contributed by atoms with Crippen molar-refractivity contribution in [1.29, 1.82) is 0 Å². The molecule has 4 heteroatoms. The Morgan fingerprint density at radius 1 is 1.14 bits per heavy atom. The molecule has 1 heterocycles. The fraction of sp³-hybridized carbons (Fsp3) is 0.375. The van der Waals surface area contributed by atoms with Gasteiger partial charge in [-0.2, -0.15) is 0 Å². The van der Waals surface area contributed by atoms with E-state index in [4.69, 9.17) is 5.73 Å². The van der Waals surface area contributed by atoms with E-state index in [1.165, 1.54) is 12.1 Å². The minimum atomic E-state index is -0.312. The molecule has 2 aromatic carbocycles. The summed E-state index contributed by atoms with van der Waals surface area (Å²) >= 11 is 0. The molecule has 1 aliphatic carbocycles. The third kappa shape index (κ3) is 3.32. The number of piperidine rings is 1. The second kappa shape index (κ2) is 7.42. The highest BCUT2D eigenvalue weighted by Crippen LogP contribution is 2.50. The monoisotopic (exact) mass is 378 g/mol. The molecule has 1 saturated heterocycles. The Balaban J connectivity index is 1.45. The lowest BCUT2D eigenvalue weighted by Crippen LogP contribution is -2.44. The van der Waals surface area contributed by atoms with Gasteiger partial charge in [-0.15, -0.1) is 0 Å². The predicted molar refractivity (Wildman–Crippen MR) is 111 cm³/mol. The van der Waals surface area contributed by atoms with Crippen molar-refractivity contribution in [3.8, 4) is 0 Å². The van der Waals surface area contributed by atoms with Gasteiger partial charge in [-0.25, -0.2) is 4.39 Å². The van der Waals surface area contributed by atoms with Crippen LogP contribution in [0.4, 0.5) is 10.1 Å². The van der Waals surface area contributed by atoms with Crippen molar-refractivity contribution in [3.63, 3.8) is 0 Å². The smallest absolute Gasteiger partial charge is 0.233 e. The molecule has 1 aliphatic heterocycles. The van der Waals surface area contributed by atoms with E-state index in [9.17, 15) is 9.18 Å². The van der Waals surface area contributed by atoms with Gasteiger partial charge >= 0.3 is 0 Å². The second-order valence-corrected chi connectivity index (χ2v) is 7.99. The number of likely N-dealkylation sites (tertiary alicyclic amines) is 1. The third-order valence-corrected chi connectivity index (χ3v) is 6.34. The predicted octanol–water partition coefficient (Wildman–Crippen LogP) is 4.78. The van der Waals surface area contributed by atoms with Gasteiger partial charge in [0.1, 0.15) is 5.82 Å². The maximum Gasteiger partial charge on any atom is 0.233 e. The molecule has 28 heavy (non-hydrogen) atoms. The molecule has 146 valence electrons. The van der Waals surface area contributed by atoms with Gasteiger partial charge in [0, 0.05) is 24.3 Å². The lowest BCUT2D eigenvalue weighted by atomic mass is 9.83. The molecule has 2 aromatic rings. The maximum atomic E-state index is 13.4. The second-order valence-electron chi connectivity index (χ2n) is 7.99. The van der Waals surface area contributed by atoms with E-state index in [1.54, 1.807) is 6.07 Å². The summed E-state index contributed by atoms with van der Waals surface area (Å²) in [5.41, 5.74) is 9.47. The summed E-state index contributed by atoms with van der Waals surface area (Å²) in [6, 6.07) is 14.8. The quantitative estimate of drug-likeness (QED) is 0.778. The number of hydrogen-bond donors (Lipinski definition) is 1. The summed E-state index contributed by atoms with van der Waals surface area (Å²) < 4.78 is 13.4. The Morgan fingerprint density at radius 3 is 2.39 bits per heavy atom. The van der Waals surface area contributed by atoms with Gasteiger partial charge in [0.25, 0.3) is 0 Å². The summed E-state index contributed by atoms with van der Waals surface area (Å²) in [6.07, 6.45) is 5.79.